The van der Waals surface area contributed by atoms with Crippen LogP contribution in [0.5, 0.6) is 5.88 Å². The van der Waals surface area contributed by atoms with E-state index < -0.39 is 5.97 Å². The van der Waals surface area contributed by atoms with E-state index in [0.717, 1.165) is 55.1 Å². The first kappa shape index (κ1) is 30.1. The van der Waals surface area contributed by atoms with Crippen molar-refractivity contribution in [2.75, 3.05) is 40.0 Å². The summed E-state index contributed by atoms with van der Waals surface area (Å²) in [4.78, 5) is 18.9. The summed E-state index contributed by atoms with van der Waals surface area (Å²) in [6, 6.07) is 12.3. The number of carboxylic acids is 1. The number of benzene rings is 1. The lowest BCUT2D eigenvalue weighted by Gasteiger charge is -2.41. The molecule has 232 valence electrons. The van der Waals surface area contributed by atoms with Gasteiger partial charge < -0.3 is 24.1 Å². The molecule has 0 amide bonds. The van der Waals surface area contributed by atoms with Crippen molar-refractivity contribution in [1.29, 1.82) is 0 Å². The maximum Gasteiger partial charge on any atom is 0.342 e. The van der Waals surface area contributed by atoms with Crippen LogP contribution in [0.2, 0.25) is 0 Å². The third-order valence-electron chi connectivity index (χ3n) is 8.52. The van der Waals surface area contributed by atoms with Gasteiger partial charge in [-0.3, -0.25) is 4.90 Å². The summed E-state index contributed by atoms with van der Waals surface area (Å²) in [5.41, 5.74) is 6.62. The largest absolute Gasteiger partial charge is 0.488 e. The first-order valence-corrected chi connectivity index (χ1v) is 15.1. The number of hydrogen-bond donors (Lipinski definition) is 1. The molecule has 1 atom stereocenters. The maximum absolute atomic E-state index is 11.6. The standard InChI is InChI=1S/C34H40N4O6/c1-22-7-5-8-26(29-9-6-10-30(36-29)38-32(41-4)27(16-35-38)33(39)40)31(22)44-19-23-11-12-24-17-37(18-25-20-42-13-14-43-25)21-34(2,3)28(24)15-23/h6,8-12,15-16,25H,5,7,13-14,17-21H2,1-4H3,(H,39,40). The number of hydrogen-bond acceptors (Lipinski definition) is 8. The smallest absolute Gasteiger partial charge is 0.342 e. The van der Waals surface area contributed by atoms with Gasteiger partial charge in [0.05, 0.1) is 44.9 Å². The van der Waals surface area contributed by atoms with Crippen molar-refractivity contribution in [3.63, 3.8) is 0 Å². The summed E-state index contributed by atoms with van der Waals surface area (Å²) in [6.07, 6.45) is 5.35. The molecule has 44 heavy (non-hydrogen) atoms. The van der Waals surface area contributed by atoms with Crippen molar-refractivity contribution in [1.82, 2.24) is 19.7 Å². The predicted molar refractivity (Wildman–Crippen MR) is 165 cm³/mol. The van der Waals surface area contributed by atoms with Crippen molar-refractivity contribution < 1.29 is 28.8 Å². The van der Waals surface area contributed by atoms with Gasteiger partial charge in [0, 0.05) is 30.6 Å². The molecule has 1 aromatic carbocycles. The Labute approximate surface area is 257 Å². The van der Waals surface area contributed by atoms with Crippen LogP contribution in [-0.2, 0) is 32.8 Å². The molecule has 1 N–H and O–H groups in total. The molecule has 2 aromatic heterocycles. The number of aromatic carboxylic acids is 1. The molecule has 0 radical (unpaired) electrons. The number of rotatable bonds is 9. The molecule has 1 saturated heterocycles. The second kappa shape index (κ2) is 12.6. The lowest BCUT2D eigenvalue weighted by molar-refractivity contribution is -0.0999. The van der Waals surface area contributed by atoms with Gasteiger partial charge in [-0.2, -0.15) is 9.78 Å². The Hall–Kier alpha value is -3.99. The minimum Gasteiger partial charge on any atom is -0.488 e. The van der Waals surface area contributed by atoms with Crippen LogP contribution in [0.15, 0.2) is 60.0 Å². The van der Waals surface area contributed by atoms with Gasteiger partial charge in [0.15, 0.2) is 5.82 Å². The Morgan fingerprint density at radius 3 is 2.84 bits per heavy atom. The zero-order chi connectivity index (χ0) is 30.8. The monoisotopic (exact) mass is 600 g/mol. The van der Waals surface area contributed by atoms with Gasteiger partial charge in [-0.15, -0.1) is 0 Å². The molecule has 1 unspecified atom stereocenters. The molecule has 2 aliphatic heterocycles. The van der Waals surface area contributed by atoms with E-state index in [1.54, 1.807) is 6.07 Å². The molecule has 3 aliphatic rings. The van der Waals surface area contributed by atoms with Crippen LogP contribution in [-0.4, -0.2) is 76.9 Å². The minimum absolute atomic E-state index is 0.0113. The minimum atomic E-state index is -1.11. The highest BCUT2D eigenvalue weighted by molar-refractivity contribution is 5.90. The van der Waals surface area contributed by atoms with E-state index in [1.807, 2.05) is 12.1 Å². The highest BCUT2D eigenvalue weighted by Gasteiger charge is 2.33. The first-order valence-electron chi connectivity index (χ1n) is 15.1. The highest BCUT2D eigenvalue weighted by Crippen LogP contribution is 2.36. The van der Waals surface area contributed by atoms with E-state index in [9.17, 15) is 9.90 Å². The van der Waals surface area contributed by atoms with Gasteiger partial charge in [0.2, 0.25) is 5.88 Å². The van der Waals surface area contributed by atoms with Crippen molar-refractivity contribution in [2.45, 2.75) is 58.3 Å². The predicted octanol–water partition coefficient (Wildman–Crippen LogP) is 5.15. The van der Waals surface area contributed by atoms with Crippen LogP contribution in [0.3, 0.4) is 0 Å². The molecule has 0 saturated carbocycles. The van der Waals surface area contributed by atoms with Crippen LogP contribution in [0, 0.1) is 0 Å². The second-order valence-corrected chi connectivity index (χ2v) is 12.3. The summed E-state index contributed by atoms with van der Waals surface area (Å²) in [6.45, 7) is 11.9. The average molecular weight is 601 g/mol. The van der Waals surface area contributed by atoms with Gasteiger partial charge in [0.25, 0.3) is 0 Å². The van der Waals surface area contributed by atoms with Crippen molar-refractivity contribution in [3.05, 3.63) is 88.0 Å². The van der Waals surface area contributed by atoms with E-state index in [-0.39, 0.29) is 23.0 Å². The summed E-state index contributed by atoms with van der Waals surface area (Å²) in [7, 11) is 1.42. The van der Waals surface area contributed by atoms with Gasteiger partial charge in [-0.1, -0.05) is 44.2 Å². The van der Waals surface area contributed by atoms with Crippen LogP contribution in [0.4, 0.5) is 0 Å². The van der Waals surface area contributed by atoms with Crippen LogP contribution >= 0.6 is 0 Å². The maximum atomic E-state index is 11.6. The summed E-state index contributed by atoms with van der Waals surface area (Å²) >= 11 is 0. The molecule has 10 heteroatoms. The number of fused-ring (bicyclic) bond motifs is 1. The molecule has 6 rings (SSSR count). The third-order valence-corrected chi connectivity index (χ3v) is 8.52. The summed E-state index contributed by atoms with van der Waals surface area (Å²) < 4.78 is 24.9. The Morgan fingerprint density at radius 1 is 1.20 bits per heavy atom. The van der Waals surface area contributed by atoms with Gasteiger partial charge in [0.1, 0.15) is 17.9 Å². The van der Waals surface area contributed by atoms with Gasteiger partial charge in [-0.05, 0) is 54.2 Å². The van der Waals surface area contributed by atoms with E-state index in [4.69, 9.17) is 23.9 Å². The fraction of sp³-hybridized carbons (Fsp3) is 0.441. The number of allylic oxidation sites excluding steroid dienone is 3. The number of carboxylic acid groups (broad SMARTS) is 1. The van der Waals surface area contributed by atoms with Crippen molar-refractivity contribution in [2.24, 2.45) is 0 Å². The van der Waals surface area contributed by atoms with Crippen molar-refractivity contribution in [3.8, 4) is 11.7 Å². The van der Waals surface area contributed by atoms with Crippen LogP contribution in [0.25, 0.3) is 11.4 Å². The molecular weight excluding hydrogens is 560 g/mol. The zero-order valence-electron chi connectivity index (χ0n) is 25.8. The second-order valence-electron chi connectivity index (χ2n) is 12.3. The summed E-state index contributed by atoms with van der Waals surface area (Å²) in [5.74, 6) is 0.305. The lowest BCUT2D eigenvalue weighted by atomic mass is 9.77. The molecular formula is C34H40N4O6. The Bertz CT molecular complexity index is 1600. The normalized spacial score (nSPS) is 20.2. The first-order chi connectivity index (χ1) is 21.2. The number of pyridine rings is 1. The van der Waals surface area contributed by atoms with E-state index in [1.165, 1.54) is 34.7 Å². The fourth-order valence-corrected chi connectivity index (χ4v) is 6.46. The third kappa shape index (κ3) is 6.15. The number of aromatic nitrogens is 3. The Kier molecular flexibility index (Phi) is 8.57. The molecule has 4 heterocycles. The van der Waals surface area contributed by atoms with Gasteiger partial charge in [-0.25, -0.2) is 9.78 Å². The van der Waals surface area contributed by atoms with Crippen molar-refractivity contribution >= 4 is 11.5 Å². The molecule has 1 aliphatic carbocycles. The van der Waals surface area contributed by atoms with Crippen LogP contribution < -0.4 is 4.74 Å². The average Bonchev–Trinajstić information content (AvgIpc) is 3.46. The number of nitrogens with zero attached hydrogens (tertiary/aromatic N) is 4. The molecule has 0 bridgehead atoms. The number of ether oxygens (including phenoxy) is 4. The van der Waals surface area contributed by atoms with Crippen LogP contribution in [0.1, 0.15) is 66.4 Å². The van der Waals surface area contributed by atoms with E-state index >= 15 is 0 Å². The topological polar surface area (TPSA) is 108 Å². The lowest BCUT2D eigenvalue weighted by Crippen LogP contribution is -2.47. The molecule has 3 aromatic rings. The molecule has 1 fully saturated rings. The SMILES string of the molecule is COc1c(C(=O)O)cnn1-c1cccc(C2=CCCC(C)=C2OCc2ccc3c(c2)C(C)(C)CN(CC2COCCO2)C3)n1. The zero-order valence-corrected chi connectivity index (χ0v) is 25.8. The molecule has 10 nitrogen and oxygen atoms in total. The van der Waals surface area contributed by atoms with E-state index in [0.29, 0.717) is 32.2 Å². The fourth-order valence-electron chi connectivity index (χ4n) is 6.46. The van der Waals surface area contributed by atoms with E-state index in [2.05, 4.69) is 55.0 Å². The number of methoxy groups -OCH3 is 1. The quantitative estimate of drug-likeness (QED) is 0.357. The Balaban J connectivity index is 1.19. The molecule has 0 spiro atoms. The highest BCUT2D eigenvalue weighted by atomic mass is 16.6. The Morgan fingerprint density at radius 2 is 2.07 bits per heavy atom. The number of carbonyl (C=O) groups is 1. The van der Waals surface area contributed by atoms with Gasteiger partial charge >= 0.3 is 5.97 Å². The summed E-state index contributed by atoms with van der Waals surface area (Å²) in [5, 5.41) is 13.7.